The number of fused-ring (bicyclic) bond motifs is 1. The van der Waals surface area contributed by atoms with Gasteiger partial charge in [0.25, 0.3) is 5.91 Å². The zero-order chi connectivity index (χ0) is 15.1. The van der Waals surface area contributed by atoms with Gasteiger partial charge in [0.15, 0.2) is 0 Å². The summed E-state index contributed by atoms with van der Waals surface area (Å²) in [5.41, 5.74) is 7.76. The number of rotatable bonds is 2. The molecule has 21 heavy (non-hydrogen) atoms. The van der Waals surface area contributed by atoms with E-state index in [0.717, 1.165) is 12.1 Å². The first-order valence-corrected chi connectivity index (χ1v) is 7.43. The number of hydrogen-bond acceptors (Lipinski definition) is 4. The molecular formula is C14H21N5O2. The average molecular weight is 291 g/mol. The number of piperazine rings is 1. The molecule has 7 heteroatoms. The van der Waals surface area contributed by atoms with Crippen LogP contribution < -0.4 is 5.73 Å². The van der Waals surface area contributed by atoms with Gasteiger partial charge < -0.3 is 15.5 Å². The van der Waals surface area contributed by atoms with Crippen LogP contribution in [0.5, 0.6) is 0 Å². The van der Waals surface area contributed by atoms with Crippen molar-refractivity contribution in [2.75, 3.05) is 25.4 Å². The van der Waals surface area contributed by atoms with Gasteiger partial charge in [-0.05, 0) is 12.8 Å². The first-order valence-electron chi connectivity index (χ1n) is 7.43. The number of amides is 2. The van der Waals surface area contributed by atoms with E-state index in [9.17, 15) is 9.59 Å². The highest BCUT2D eigenvalue weighted by atomic mass is 16.2. The van der Waals surface area contributed by atoms with Crippen LogP contribution in [0.15, 0.2) is 0 Å². The molecule has 2 saturated heterocycles. The number of nitrogens with two attached hydrogens (primary N) is 1. The van der Waals surface area contributed by atoms with E-state index in [4.69, 9.17) is 5.73 Å². The molecule has 0 aliphatic carbocycles. The molecule has 3 heterocycles. The Morgan fingerprint density at radius 1 is 1.43 bits per heavy atom. The number of carbonyl (C=O) groups excluding carboxylic acids is 2. The molecule has 1 unspecified atom stereocenters. The lowest BCUT2D eigenvalue weighted by Gasteiger charge is -2.37. The molecule has 2 N–H and O–H groups in total. The third kappa shape index (κ3) is 2.16. The molecule has 2 aliphatic rings. The predicted molar refractivity (Wildman–Crippen MR) is 77.6 cm³/mol. The lowest BCUT2D eigenvalue weighted by molar-refractivity contribution is -0.130. The standard InChI is InChI=1S/C14H21N5O2/c1-3-10-12(15)13(17(2)16-10)14(21)18-6-7-19-9(8-18)4-5-11(19)20/h9H,3-8,15H2,1-2H3. The first kappa shape index (κ1) is 13.9. The largest absolute Gasteiger partial charge is 0.395 e. The molecule has 2 fully saturated rings. The van der Waals surface area contributed by atoms with E-state index in [1.807, 2.05) is 11.8 Å². The molecule has 2 amide bonds. The molecule has 1 aromatic heterocycles. The number of anilines is 1. The van der Waals surface area contributed by atoms with Crippen LogP contribution in [0, 0.1) is 0 Å². The van der Waals surface area contributed by atoms with E-state index in [1.165, 1.54) is 0 Å². The average Bonchev–Trinajstić information content (AvgIpc) is 2.98. The maximum absolute atomic E-state index is 12.7. The minimum atomic E-state index is -0.0822. The Kier molecular flexibility index (Phi) is 3.35. The highest BCUT2D eigenvalue weighted by Gasteiger charge is 2.38. The Labute approximate surface area is 123 Å². The van der Waals surface area contributed by atoms with Crippen molar-refractivity contribution in [3.05, 3.63) is 11.4 Å². The van der Waals surface area contributed by atoms with Gasteiger partial charge in [0.2, 0.25) is 5.91 Å². The van der Waals surface area contributed by atoms with Crippen molar-refractivity contribution in [3.8, 4) is 0 Å². The summed E-state index contributed by atoms with van der Waals surface area (Å²) in [6.07, 6.45) is 2.14. The summed E-state index contributed by atoms with van der Waals surface area (Å²) in [6, 6.07) is 0.162. The van der Waals surface area contributed by atoms with Crippen LogP contribution in [0.2, 0.25) is 0 Å². The summed E-state index contributed by atoms with van der Waals surface area (Å²) >= 11 is 0. The first-order chi connectivity index (χ1) is 10.0. The van der Waals surface area contributed by atoms with E-state index >= 15 is 0 Å². The summed E-state index contributed by atoms with van der Waals surface area (Å²) in [5.74, 6) is 0.126. The molecule has 3 rings (SSSR count). The van der Waals surface area contributed by atoms with Crippen LogP contribution >= 0.6 is 0 Å². The van der Waals surface area contributed by atoms with Crippen molar-refractivity contribution in [2.24, 2.45) is 7.05 Å². The lowest BCUT2D eigenvalue weighted by Crippen LogP contribution is -2.53. The Balaban J connectivity index is 1.80. The van der Waals surface area contributed by atoms with Crippen LogP contribution in [0.25, 0.3) is 0 Å². The van der Waals surface area contributed by atoms with Gasteiger partial charge in [-0.25, -0.2) is 0 Å². The minimum absolute atomic E-state index is 0.0822. The fourth-order valence-corrected chi connectivity index (χ4v) is 3.31. The number of hydrogen-bond donors (Lipinski definition) is 1. The molecule has 7 nitrogen and oxygen atoms in total. The van der Waals surface area contributed by atoms with Crippen molar-refractivity contribution < 1.29 is 9.59 Å². The third-order valence-electron chi connectivity index (χ3n) is 4.48. The van der Waals surface area contributed by atoms with Crippen LogP contribution in [0.1, 0.15) is 35.9 Å². The summed E-state index contributed by atoms with van der Waals surface area (Å²) in [7, 11) is 1.75. The van der Waals surface area contributed by atoms with E-state index in [2.05, 4.69) is 5.10 Å². The van der Waals surface area contributed by atoms with Gasteiger partial charge >= 0.3 is 0 Å². The van der Waals surface area contributed by atoms with Gasteiger partial charge in [-0.15, -0.1) is 0 Å². The number of aromatic nitrogens is 2. The van der Waals surface area contributed by atoms with Crippen molar-refractivity contribution in [3.63, 3.8) is 0 Å². The van der Waals surface area contributed by atoms with E-state index in [1.54, 1.807) is 16.6 Å². The van der Waals surface area contributed by atoms with Crippen LogP contribution in [0.4, 0.5) is 5.69 Å². The minimum Gasteiger partial charge on any atom is -0.395 e. The van der Waals surface area contributed by atoms with Gasteiger partial charge in [-0.3, -0.25) is 14.3 Å². The topological polar surface area (TPSA) is 84.5 Å². The Morgan fingerprint density at radius 3 is 2.86 bits per heavy atom. The van der Waals surface area contributed by atoms with Crippen molar-refractivity contribution in [2.45, 2.75) is 32.2 Å². The van der Waals surface area contributed by atoms with E-state index in [-0.39, 0.29) is 17.9 Å². The molecule has 114 valence electrons. The van der Waals surface area contributed by atoms with Gasteiger partial charge in [0, 0.05) is 39.1 Å². The van der Waals surface area contributed by atoms with Crippen molar-refractivity contribution in [1.29, 1.82) is 0 Å². The monoisotopic (exact) mass is 291 g/mol. The zero-order valence-corrected chi connectivity index (χ0v) is 12.5. The lowest BCUT2D eigenvalue weighted by atomic mass is 10.1. The van der Waals surface area contributed by atoms with Gasteiger partial charge in [-0.1, -0.05) is 6.92 Å². The van der Waals surface area contributed by atoms with Crippen LogP contribution in [-0.2, 0) is 18.3 Å². The molecule has 2 aliphatic heterocycles. The zero-order valence-electron chi connectivity index (χ0n) is 12.5. The third-order valence-corrected chi connectivity index (χ3v) is 4.48. The molecule has 0 saturated carbocycles. The number of nitrogens with zero attached hydrogens (tertiary/aromatic N) is 4. The number of carbonyl (C=O) groups is 2. The van der Waals surface area contributed by atoms with Gasteiger partial charge in [-0.2, -0.15) is 5.10 Å². The summed E-state index contributed by atoms with van der Waals surface area (Å²) in [6.45, 7) is 3.74. The molecule has 0 radical (unpaired) electrons. The van der Waals surface area contributed by atoms with E-state index in [0.29, 0.717) is 43.9 Å². The number of aryl methyl sites for hydroxylation is 2. The Bertz CT molecular complexity index is 594. The Morgan fingerprint density at radius 2 is 2.19 bits per heavy atom. The van der Waals surface area contributed by atoms with E-state index < -0.39 is 0 Å². The molecule has 0 aromatic carbocycles. The second kappa shape index (κ2) is 5.05. The van der Waals surface area contributed by atoms with Gasteiger partial charge in [0.1, 0.15) is 5.69 Å². The maximum Gasteiger partial charge on any atom is 0.274 e. The molecule has 1 aromatic rings. The van der Waals surface area contributed by atoms with Crippen LogP contribution in [0.3, 0.4) is 0 Å². The maximum atomic E-state index is 12.7. The predicted octanol–water partition coefficient (Wildman–Crippen LogP) is 0.0115. The summed E-state index contributed by atoms with van der Waals surface area (Å²) < 4.78 is 1.57. The van der Waals surface area contributed by atoms with Crippen molar-refractivity contribution in [1.82, 2.24) is 19.6 Å². The SMILES string of the molecule is CCc1nn(C)c(C(=O)N2CCN3C(=O)CCC3C2)c1N. The normalized spacial score (nSPS) is 21.8. The quantitative estimate of drug-likeness (QED) is 0.832. The highest BCUT2D eigenvalue weighted by molar-refractivity contribution is 5.98. The summed E-state index contributed by atoms with van der Waals surface area (Å²) in [4.78, 5) is 28.1. The fourth-order valence-electron chi connectivity index (χ4n) is 3.31. The molecular weight excluding hydrogens is 270 g/mol. The number of nitrogen functional groups attached to an aromatic ring is 1. The molecule has 0 spiro atoms. The second-order valence-electron chi connectivity index (χ2n) is 5.72. The Hall–Kier alpha value is -2.05. The molecule has 1 atom stereocenters. The molecule has 0 bridgehead atoms. The van der Waals surface area contributed by atoms with Gasteiger partial charge in [0.05, 0.1) is 11.4 Å². The van der Waals surface area contributed by atoms with Crippen LogP contribution in [-0.4, -0.2) is 57.1 Å². The fraction of sp³-hybridized carbons (Fsp3) is 0.643. The highest BCUT2D eigenvalue weighted by Crippen LogP contribution is 2.25. The van der Waals surface area contributed by atoms with Crippen molar-refractivity contribution >= 4 is 17.5 Å². The summed E-state index contributed by atoms with van der Waals surface area (Å²) in [5, 5.41) is 4.30. The second-order valence-corrected chi connectivity index (χ2v) is 5.72. The smallest absolute Gasteiger partial charge is 0.274 e.